The summed E-state index contributed by atoms with van der Waals surface area (Å²) in [5.41, 5.74) is 0.734. The van der Waals surface area contributed by atoms with Crippen LogP contribution in [0.15, 0.2) is 52.1 Å². The molecule has 1 fully saturated rings. The predicted molar refractivity (Wildman–Crippen MR) is 108 cm³/mol. The van der Waals surface area contributed by atoms with Crippen LogP contribution in [0.4, 0.5) is 5.69 Å². The Balaban J connectivity index is 1.29. The average molecular weight is 418 g/mol. The van der Waals surface area contributed by atoms with Crippen molar-refractivity contribution >= 4 is 44.0 Å². The largest absolute Gasteiger partial charge is 0.416 e. The van der Waals surface area contributed by atoms with Crippen LogP contribution in [0.5, 0.6) is 0 Å². The van der Waals surface area contributed by atoms with Crippen molar-refractivity contribution in [2.75, 3.05) is 22.6 Å². The van der Waals surface area contributed by atoms with Crippen LogP contribution in [0.2, 0.25) is 0 Å². The maximum atomic E-state index is 12.2. The van der Waals surface area contributed by atoms with Gasteiger partial charge in [0, 0.05) is 12.1 Å². The maximum Gasteiger partial charge on any atom is 0.277 e. The fourth-order valence-corrected chi connectivity index (χ4v) is 5.69. The Bertz CT molecular complexity index is 1110. The number of hydrogen-bond acceptors (Lipinski definition) is 7. The molecule has 28 heavy (non-hydrogen) atoms. The lowest BCUT2D eigenvalue weighted by Crippen LogP contribution is -2.13. The molecule has 0 aliphatic carbocycles. The van der Waals surface area contributed by atoms with Gasteiger partial charge in [-0.05, 0) is 35.2 Å². The smallest absolute Gasteiger partial charge is 0.277 e. The molecule has 2 aromatic carbocycles. The van der Waals surface area contributed by atoms with Gasteiger partial charge in [-0.2, -0.15) is 0 Å². The molecular weight excluding hydrogens is 398 g/mol. The van der Waals surface area contributed by atoms with E-state index in [1.807, 2.05) is 42.5 Å². The number of carbonyl (C=O) groups excluding carboxylic acids is 1. The monoisotopic (exact) mass is 417 g/mol. The number of anilines is 1. The Labute approximate surface area is 166 Å². The van der Waals surface area contributed by atoms with Crippen molar-refractivity contribution in [1.29, 1.82) is 0 Å². The van der Waals surface area contributed by atoms with E-state index < -0.39 is 9.84 Å². The van der Waals surface area contributed by atoms with Crippen molar-refractivity contribution < 1.29 is 17.6 Å². The lowest BCUT2D eigenvalue weighted by Gasteiger charge is -2.05. The first-order chi connectivity index (χ1) is 13.5. The minimum Gasteiger partial charge on any atom is -0.416 e. The third-order valence-electron chi connectivity index (χ3n) is 4.60. The van der Waals surface area contributed by atoms with Gasteiger partial charge in [0.05, 0.1) is 17.3 Å². The molecule has 1 atom stereocenters. The molecule has 4 rings (SSSR count). The molecule has 0 saturated carbocycles. The molecule has 1 amide bonds. The fraction of sp³-hybridized carbons (Fsp3) is 0.316. The van der Waals surface area contributed by atoms with Crippen molar-refractivity contribution in [2.24, 2.45) is 5.92 Å². The van der Waals surface area contributed by atoms with E-state index >= 15 is 0 Å². The summed E-state index contributed by atoms with van der Waals surface area (Å²) in [6.07, 6.45) is 1.08. The van der Waals surface area contributed by atoms with Crippen LogP contribution in [-0.2, 0) is 21.1 Å². The number of sulfone groups is 1. The van der Waals surface area contributed by atoms with Crippen LogP contribution < -0.4 is 5.32 Å². The van der Waals surface area contributed by atoms with Crippen molar-refractivity contribution in [1.82, 2.24) is 10.2 Å². The van der Waals surface area contributed by atoms with E-state index in [2.05, 4.69) is 15.5 Å². The van der Waals surface area contributed by atoms with E-state index in [9.17, 15) is 13.2 Å². The van der Waals surface area contributed by atoms with Crippen molar-refractivity contribution in [2.45, 2.75) is 18.1 Å². The number of aromatic nitrogens is 2. The second-order valence-electron chi connectivity index (χ2n) is 6.83. The molecule has 0 radical (unpaired) electrons. The summed E-state index contributed by atoms with van der Waals surface area (Å²) in [5, 5.41) is 13.2. The van der Waals surface area contributed by atoms with Gasteiger partial charge in [-0.3, -0.25) is 4.79 Å². The van der Waals surface area contributed by atoms with Crippen LogP contribution in [0.25, 0.3) is 10.8 Å². The molecule has 146 valence electrons. The number of amides is 1. The van der Waals surface area contributed by atoms with Gasteiger partial charge in [0.1, 0.15) is 0 Å². The van der Waals surface area contributed by atoms with Gasteiger partial charge in [-0.25, -0.2) is 8.42 Å². The third-order valence-corrected chi connectivity index (χ3v) is 7.25. The van der Waals surface area contributed by atoms with Gasteiger partial charge in [0.2, 0.25) is 11.8 Å². The van der Waals surface area contributed by atoms with E-state index in [1.54, 1.807) is 0 Å². The summed E-state index contributed by atoms with van der Waals surface area (Å²) in [7, 11) is -2.92. The van der Waals surface area contributed by atoms with Gasteiger partial charge < -0.3 is 9.73 Å². The molecule has 0 spiro atoms. The summed E-state index contributed by atoms with van der Waals surface area (Å²) >= 11 is 1.16. The Morgan fingerprint density at radius 2 is 2.00 bits per heavy atom. The van der Waals surface area contributed by atoms with E-state index in [4.69, 9.17) is 4.42 Å². The topological polar surface area (TPSA) is 102 Å². The number of nitrogens with zero attached hydrogens (tertiary/aromatic N) is 2. The highest BCUT2D eigenvalue weighted by Crippen LogP contribution is 2.24. The molecule has 1 N–H and O–H groups in total. The standard InChI is InChI=1S/C19H19N3O4S2/c23-17(20-16-6-5-14-3-1-2-4-15(14)10-16)11-27-19-22-21-18(26-19)9-13-7-8-28(24,25)12-13/h1-6,10,13H,7-9,11-12H2,(H,20,23)/t13-/m0/s1. The number of nitrogens with one attached hydrogen (secondary N) is 1. The molecule has 2 heterocycles. The number of benzene rings is 2. The first-order valence-electron chi connectivity index (χ1n) is 8.91. The van der Waals surface area contributed by atoms with Crippen molar-refractivity contribution in [3.63, 3.8) is 0 Å². The number of rotatable bonds is 6. The molecule has 1 aliphatic rings. The van der Waals surface area contributed by atoms with E-state index in [0.29, 0.717) is 24.0 Å². The molecule has 7 nitrogen and oxygen atoms in total. The Morgan fingerprint density at radius 1 is 1.18 bits per heavy atom. The summed E-state index contributed by atoms with van der Waals surface area (Å²) in [4.78, 5) is 12.2. The van der Waals surface area contributed by atoms with Crippen LogP contribution in [-0.4, -0.2) is 41.8 Å². The third kappa shape index (κ3) is 4.71. The number of carbonyl (C=O) groups is 1. The second kappa shape index (κ2) is 7.92. The highest BCUT2D eigenvalue weighted by molar-refractivity contribution is 7.99. The zero-order valence-electron chi connectivity index (χ0n) is 15.0. The SMILES string of the molecule is O=C(CSc1nnc(C[C@@H]2CCS(=O)(=O)C2)o1)Nc1ccc2ccccc2c1. The summed E-state index contributed by atoms with van der Waals surface area (Å²) < 4.78 is 28.6. The maximum absolute atomic E-state index is 12.2. The van der Waals surface area contributed by atoms with Crippen LogP contribution in [0.1, 0.15) is 12.3 Å². The van der Waals surface area contributed by atoms with E-state index in [0.717, 1.165) is 28.2 Å². The van der Waals surface area contributed by atoms with Gasteiger partial charge in [0.25, 0.3) is 5.22 Å². The molecular formula is C19H19N3O4S2. The molecule has 0 unspecified atom stereocenters. The van der Waals surface area contributed by atoms with Gasteiger partial charge in [0.15, 0.2) is 9.84 Å². The zero-order chi connectivity index (χ0) is 19.6. The van der Waals surface area contributed by atoms with Crippen molar-refractivity contribution in [3.8, 4) is 0 Å². The zero-order valence-corrected chi connectivity index (χ0v) is 16.6. The fourth-order valence-electron chi connectivity index (χ4n) is 3.25. The normalized spacial score (nSPS) is 18.4. The summed E-state index contributed by atoms with van der Waals surface area (Å²) in [6, 6.07) is 13.7. The molecule has 0 bridgehead atoms. The lowest BCUT2D eigenvalue weighted by molar-refractivity contribution is -0.113. The highest BCUT2D eigenvalue weighted by atomic mass is 32.2. The molecule has 1 aliphatic heterocycles. The number of fused-ring (bicyclic) bond motifs is 1. The number of thioether (sulfide) groups is 1. The van der Waals surface area contributed by atoms with Gasteiger partial charge >= 0.3 is 0 Å². The Morgan fingerprint density at radius 3 is 2.79 bits per heavy atom. The van der Waals surface area contributed by atoms with Gasteiger partial charge in [-0.1, -0.05) is 42.1 Å². The Kier molecular flexibility index (Phi) is 5.36. The summed E-state index contributed by atoms with van der Waals surface area (Å²) in [5.74, 6) is 0.821. The minimum absolute atomic E-state index is 0.0273. The molecule has 3 aromatic rings. The van der Waals surface area contributed by atoms with Crippen molar-refractivity contribution in [3.05, 3.63) is 48.4 Å². The number of hydrogen-bond donors (Lipinski definition) is 1. The average Bonchev–Trinajstić information content (AvgIpc) is 3.26. The quantitative estimate of drug-likeness (QED) is 0.615. The van der Waals surface area contributed by atoms with Gasteiger partial charge in [-0.15, -0.1) is 10.2 Å². The lowest BCUT2D eigenvalue weighted by atomic mass is 10.1. The van der Waals surface area contributed by atoms with Crippen LogP contribution in [0.3, 0.4) is 0 Å². The predicted octanol–water partition coefficient (Wildman–Crippen LogP) is 2.93. The Hall–Kier alpha value is -2.39. The highest BCUT2D eigenvalue weighted by Gasteiger charge is 2.29. The van der Waals surface area contributed by atoms with E-state index in [1.165, 1.54) is 0 Å². The summed E-state index contributed by atoms with van der Waals surface area (Å²) in [6.45, 7) is 0. The van der Waals surface area contributed by atoms with Crippen LogP contribution >= 0.6 is 11.8 Å². The molecule has 9 heteroatoms. The van der Waals surface area contributed by atoms with E-state index in [-0.39, 0.29) is 29.1 Å². The minimum atomic E-state index is -2.92. The molecule has 1 aromatic heterocycles. The second-order valence-corrected chi connectivity index (χ2v) is 9.99. The van der Waals surface area contributed by atoms with Crippen LogP contribution in [0, 0.1) is 5.92 Å². The first kappa shape index (κ1) is 18.9. The molecule has 1 saturated heterocycles. The first-order valence-corrected chi connectivity index (χ1v) is 11.7.